The molecule has 6 nitrogen and oxygen atoms in total. The van der Waals surface area contributed by atoms with Crippen LogP contribution in [0.15, 0.2) is 97.2 Å². The van der Waals surface area contributed by atoms with Gasteiger partial charge in [-0.2, -0.15) is 0 Å². The van der Waals surface area contributed by atoms with Crippen LogP contribution >= 0.6 is 0 Å². The van der Waals surface area contributed by atoms with Crippen LogP contribution in [-0.2, 0) is 28.6 Å². The van der Waals surface area contributed by atoms with E-state index in [1.807, 2.05) is 0 Å². The second-order valence-corrected chi connectivity index (χ2v) is 17.1. The maximum absolute atomic E-state index is 12.8. The number of ether oxygens (including phenoxy) is 3. The van der Waals surface area contributed by atoms with Gasteiger partial charge in [-0.05, 0) is 96.3 Å². The zero-order valence-corrected chi connectivity index (χ0v) is 41.5. The molecule has 6 heteroatoms. The molecule has 0 bridgehead atoms. The van der Waals surface area contributed by atoms with Gasteiger partial charge in [-0.1, -0.05) is 214 Å². The van der Waals surface area contributed by atoms with Crippen molar-refractivity contribution in [1.29, 1.82) is 0 Å². The largest absolute Gasteiger partial charge is 0.462 e. The van der Waals surface area contributed by atoms with Crippen molar-refractivity contribution in [2.45, 2.75) is 239 Å². The summed E-state index contributed by atoms with van der Waals surface area (Å²) in [4.78, 5) is 38.0. The molecule has 1 unspecified atom stereocenters. The van der Waals surface area contributed by atoms with E-state index in [2.05, 4.69) is 118 Å². The molecule has 0 aliphatic carbocycles. The Hall–Kier alpha value is -3.67. The third-order valence-corrected chi connectivity index (χ3v) is 10.9. The highest BCUT2D eigenvalue weighted by Gasteiger charge is 2.19. The Bertz CT molecular complexity index is 1300. The first-order valence-electron chi connectivity index (χ1n) is 26.3. The number of allylic oxidation sites excluding steroid dienone is 16. The van der Waals surface area contributed by atoms with Crippen molar-refractivity contribution < 1.29 is 28.6 Å². The molecule has 0 N–H and O–H groups in total. The van der Waals surface area contributed by atoms with Crippen LogP contribution in [0, 0.1) is 0 Å². The van der Waals surface area contributed by atoms with E-state index in [-0.39, 0.29) is 31.1 Å². The predicted molar refractivity (Wildman–Crippen MR) is 274 cm³/mol. The summed E-state index contributed by atoms with van der Waals surface area (Å²) < 4.78 is 16.8. The molecule has 1 atom stereocenters. The van der Waals surface area contributed by atoms with Gasteiger partial charge in [0.05, 0.1) is 0 Å². The van der Waals surface area contributed by atoms with Crippen LogP contribution in [0.5, 0.6) is 0 Å². The molecular weight excluding hydrogens is 793 g/mol. The zero-order chi connectivity index (χ0) is 46.5. The zero-order valence-electron chi connectivity index (χ0n) is 41.5. The lowest BCUT2D eigenvalue weighted by molar-refractivity contribution is -0.167. The van der Waals surface area contributed by atoms with Gasteiger partial charge in [-0.3, -0.25) is 14.4 Å². The first-order valence-corrected chi connectivity index (χ1v) is 26.3. The van der Waals surface area contributed by atoms with Gasteiger partial charge in [0.1, 0.15) is 13.2 Å². The van der Waals surface area contributed by atoms with Crippen LogP contribution in [-0.4, -0.2) is 37.2 Å². The molecule has 0 aromatic carbocycles. The fraction of sp³-hybridized carbons (Fsp3) is 0.672. The molecule has 0 fully saturated rings. The van der Waals surface area contributed by atoms with Crippen LogP contribution in [0.2, 0.25) is 0 Å². The van der Waals surface area contributed by atoms with Gasteiger partial charge in [0.2, 0.25) is 0 Å². The maximum atomic E-state index is 12.8. The van der Waals surface area contributed by atoms with Gasteiger partial charge in [0.15, 0.2) is 6.10 Å². The van der Waals surface area contributed by atoms with Gasteiger partial charge in [0, 0.05) is 19.3 Å². The fourth-order valence-electron chi connectivity index (χ4n) is 6.98. The average molecular weight is 889 g/mol. The highest BCUT2D eigenvalue weighted by atomic mass is 16.6. The smallest absolute Gasteiger partial charge is 0.306 e. The summed E-state index contributed by atoms with van der Waals surface area (Å²) in [6.07, 6.45) is 68.2. The van der Waals surface area contributed by atoms with Crippen molar-refractivity contribution in [3.8, 4) is 0 Å². The lowest BCUT2D eigenvalue weighted by Crippen LogP contribution is -2.30. The van der Waals surface area contributed by atoms with E-state index >= 15 is 0 Å². The van der Waals surface area contributed by atoms with E-state index in [1.54, 1.807) is 0 Å². The van der Waals surface area contributed by atoms with E-state index in [0.717, 1.165) is 116 Å². The van der Waals surface area contributed by atoms with Gasteiger partial charge in [-0.25, -0.2) is 0 Å². The van der Waals surface area contributed by atoms with Crippen LogP contribution < -0.4 is 0 Å². The van der Waals surface area contributed by atoms with E-state index in [4.69, 9.17) is 14.2 Å². The van der Waals surface area contributed by atoms with E-state index in [1.165, 1.54) is 77.0 Å². The molecule has 0 aliphatic rings. The lowest BCUT2D eigenvalue weighted by atomic mass is 10.1. The molecule has 0 rings (SSSR count). The average Bonchev–Trinajstić information content (AvgIpc) is 3.29. The molecule has 0 amide bonds. The second kappa shape index (κ2) is 52.0. The third-order valence-electron chi connectivity index (χ3n) is 10.9. The summed E-state index contributed by atoms with van der Waals surface area (Å²) >= 11 is 0. The van der Waals surface area contributed by atoms with Gasteiger partial charge in [0.25, 0.3) is 0 Å². The second-order valence-electron chi connectivity index (χ2n) is 17.1. The SMILES string of the molecule is CC/C=C/C=C/C=C/CCCCCCCC(=O)OCC(COC(=O)CCCCCCCCCCCC/C=C/C=C/CCCCC)OC(=O)CCCCCC/C=C/C/C=C/C/C=C/CC. The molecule has 0 aromatic rings. The Morgan fingerprint density at radius 2 is 0.688 bits per heavy atom. The minimum Gasteiger partial charge on any atom is -0.462 e. The summed E-state index contributed by atoms with van der Waals surface area (Å²) in [7, 11) is 0. The number of hydrogen-bond donors (Lipinski definition) is 0. The summed E-state index contributed by atoms with van der Waals surface area (Å²) in [5, 5.41) is 0. The molecule has 0 saturated heterocycles. The molecule has 0 aliphatic heterocycles. The van der Waals surface area contributed by atoms with Gasteiger partial charge in [-0.15, -0.1) is 0 Å². The number of hydrogen-bond acceptors (Lipinski definition) is 6. The molecule has 0 aromatic heterocycles. The third kappa shape index (κ3) is 49.3. The van der Waals surface area contributed by atoms with Crippen LogP contribution in [0.25, 0.3) is 0 Å². The summed E-state index contributed by atoms with van der Waals surface area (Å²) in [5.74, 6) is -0.946. The Morgan fingerprint density at radius 1 is 0.344 bits per heavy atom. The van der Waals surface area contributed by atoms with Crippen molar-refractivity contribution in [1.82, 2.24) is 0 Å². The van der Waals surface area contributed by atoms with E-state index in [9.17, 15) is 14.4 Å². The highest BCUT2D eigenvalue weighted by molar-refractivity contribution is 5.71. The minimum absolute atomic E-state index is 0.0963. The Balaban J connectivity index is 4.42. The monoisotopic (exact) mass is 889 g/mol. The molecule has 0 heterocycles. The number of rotatable bonds is 46. The van der Waals surface area contributed by atoms with Crippen LogP contribution in [0.3, 0.4) is 0 Å². The normalized spacial score (nSPS) is 12.9. The highest BCUT2D eigenvalue weighted by Crippen LogP contribution is 2.14. The lowest BCUT2D eigenvalue weighted by Gasteiger charge is -2.18. The fourth-order valence-corrected chi connectivity index (χ4v) is 6.98. The first-order chi connectivity index (χ1) is 31.5. The quantitative estimate of drug-likeness (QED) is 0.0199. The minimum atomic E-state index is -0.799. The standard InChI is InChI=1S/C58H96O6/c1-4-7-10-13-16-19-22-25-27-28-29-30-31-34-36-39-42-45-48-51-57(60)63-54-55(53-62-56(59)50-47-44-41-38-35-32-24-21-18-15-12-9-6-3)64-58(61)52-49-46-43-40-37-33-26-23-20-17-14-11-8-5-2/h8-9,11-12,15-22,24-26,33,55H,4-7,10,13-14,23,27-32,34-54H2,1-3H3/b11-8+,12-9+,18-15+,19-16+,20-17+,24-21+,25-22+,33-26+. The van der Waals surface area contributed by atoms with Gasteiger partial charge < -0.3 is 14.2 Å². The summed E-state index contributed by atoms with van der Waals surface area (Å²) in [6.45, 7) is 6.32. The molecule has 64 heavy (non-hydrogen) atoms. The number of unbranched alkanes of at least 4 members (excludes halogenated alkanes) is 22. The Labute approximate surface area is 394 Å². The van der Waals surface area contributed by atoms with Gasteiger partial charge >= 0.3 is 17.9 Å². The van der Waals surface area contributed by atoms with Crippen molar-refractivity contribution >= 4 is 17.9 Å². The Morgan fingerprint density at radius 3 is 1.14 bits per heavy atom. The van der Waals surface area contributed by atoms with Crippen molar-refractivity contribution in [3.05, 3.63) is 97.2 Å². The van der Waals surface area contributed by atoms with Crippen LogP contribution in [0.4, 0.5) is 0 Å². The molecule has 0 saturated carbocycles. The molecular formula is C58H96O6. The van der Waals surface area contributed by atoms with E-state index in [0.29, 0.717) is 19.3 Å². The topological polar surface area (TPSA) is 78.9 Å². The number of carbonyl (C=O) groups excluding carboxylic acids is 3. The Kier molecular flexibility index (Phi) is 49.0. The molecule has 0 spiro atoms. The summed E-state index contributed by atoms with van der Waals surface area (Å²) in [5.41, 5.74) is 0. The number of carbonyl (C=O) groups is 3. The maximum Gasteiger partial charge on any atom is 0.306 e. The van der Waals surface area contributed by atoms with Crippen molar-refractivity contribution in [2.75, 3.05) is 13.2 Å². The van der Waals surface area contributed by atoms with E-state index < -0.39 is 6.10 Å². The first kappa shape index (κ1) is 60.3. The molecule has 0 radical (unpaired) electrons. The van der Waals surface area contributed by atoms with Crippen LogP contribution in [0.1, 0.15) is 233 Å². The predicted octanol–water partition coefficient (Wildman–Crippen LogP) is 17.4. The van der Waals surface area contributed by atoms with Crippen molar-refractivity contribution in [3.63, 3.8) is 0 Å². The van der Waals surface area contributed by atoms with Crippen molar-refractivity contribution in [2.24, 2.45) is 0 Å². The number of esters is 3. The summed E-state index contributed by atoms with van der Waals surface area (Å²) in [6, 6.07) is 0. The molecule has 364 valence electrons.